The maximum atomic E-state index is 7.81. The molecule has 3 nitrogen and oxygen atoms in total. The van der Waals surface area contributed by atoms with Crippen LogP contribution in [0.4, 0.5) is 0 Å². The molecule has 0 saturated carbocycles. The van der Waals surface area contributed by atoms with Crippen molar-refractivity contribution in [2.24, 2.45) is 0 Å². The molecule has 0 amide bonds. The average molecular weight is 1190 g/mol. The summed E-state index contributed by atoms with van der Waals surface area (Å²) in [5.74, 6) is 3.67. The van der Waals surface area contributed by atoms with E-state index in [0.717, 1.165) is 22.9 Å². The number of aromatic nitrogens is 2. The fraction of sp³-hybridized carbons (Fsp3) is 0.241. The van der Waals surface area contributed by atoms with Gasteiger partial charge in [-0.2, -0.15) is 0 Å². The first-order valence-electron chi connectivity index (χ1n) is 33.6. The Morgan fingerprint density at radius 3 is 0.791 bits per heavy atom. The minimum absolute atomic E-state index is 0.104. The van der Waals surface area contributed by atoms with Crippen molar-refractivity contribution in [3.63, 3.8) is 0 Å². The lowest BCUT2D eigenvalue weighted by Crippen LogP contribution is -2.57. The Bertz CT molecular complexity index is 4400. The van der Waals surface area contributed by atoms with E-state index in [0.29, 0.717) is 5.92 Å². The van der Waals surface area contributed by atoms with Crippen LogP contribution in [-0.4, -0.2) is 15.8 Å². The van der Waals surface area contributed by atoms with Crippen LogP contribution in [0.1, 0.15) is 177 Å². The molecular formula is C87H85BN2O. The lowest BCUT2D eigenvalue weighted by molar-refractivity contribution is 0.487. The highest BCUT2D eigenvalue weighted by Crippen LogP contribution is 2.48. The van der Waals surface area contributed by atoms with E-state index in [-0.39, 0.29) is 42.2 Å². The summed E-state index contributed by atoms with van der Waals surface area (Å²) in [5, 5.41) is 5.05. The first-order chi connectivity index (χ1) is 43.9. The van der Waals surface area contributed by atoms with Gasteiger partial charge in [0.05, 0.1) is 22.1 Å². The molecule has 0 N–H and O–H groups in total. The summed E-state index contributed by atoms with van der Waals surface area (Å²) >= 11 is 0. The van der Waals surface area contributed by atoms with E-state index in [2.05, 4.69) is 324 Å². The summed E-state index contributed by atoms with van der Waals surface area (Å²) in [6.07, 6.45) is 0. The van der Waals surface area contributed by atoms with Crippen LogP contribution in [0.15, 0.2) is 218 Å². The molecule has 13 aromatic rings. The van der Waals surface area contributed by atoms with E-state index in [1.165, 1.54) is 143 Å². The fourth-order valence-electron chi connectivity index (χ4n) is 15.1. The maximum absolute atomic E-state index is 7.81. The third-order valence-electron chi connectivity index (χ3n) is 19.8. The van der Waals surface area contributed by atoms with Gasteiger partial charge in [-0.15, -0.1) is 0 Å². The van der Waals surface area contributed by atoms with E-state index < -0.39 is 0 Å². The first-order valence-corrected chi connectivity index (χ1v) is 33.6. The molecule has 452 valence electrons. The van der Waals surface area contributed by atoms with Gasteiger partial charge in [-0.3, -0.25) is 0 Å². The highest BCUT2D eigenvalue weighted by molar-refractivity contribution is 6.97. The SMILES string of the molecule is CC(C)c1cc(C(C)C)c(B2c3ccc(-n4c5c(C(C)C)cc(-c6ccccc6)cc5c5cc(-c6ccccc6)cc(C(C)C)c54)cc3Oc3cc(-n4c5c(C(C)C)cc(-c6ccccc6)cc5c5cc(-c6ccccc6)cc(C(C)C)c54)ccc32)c(C(C)C)c1. The molecule has 2 aromatic heterocycles. The Hall–Kier alpha value is -9.12. The van der Waals surface area contributed by atoms with Gasteiger partial charge in [0.15, 0.2) is 0 Å². The summed E-state index contributed by atoms with van der Waals surface area (Å²) < 4.78 is 13.0. The number of benzene rings is 11. The van der Waals surface area contributed by atoms with E-state index >= 15 is 0 Å². The van der Waals surface area contributed by atoms with Gasteiger partial charge in [-0.25, -0.2) is 0 Å². The zero-order valence-electron chi connectivity index (χ0n) is 55.7. The van der Waals surface area contributed by atoms with Gasteiger partial charge in [0, 0.05) is 45.1 Å². The largest absolute Gasteiger partial charge is 0.458 e. The van der Waals surface area contributed by atoms with Crippen molar-refractivity contribution in [1.82, 2.24) is 9.13 Å². The van der Waals surface area contributed by atoms with Crippen LogP contribution in [0.5, 0.6) is 11.5 Å². The van der Waals surface area contributed by atoms with Crippen molar-refractivity contribution in [2.75, 3.05) is 0 Å². The standard InChI is InChI=1S/C87H85BN2O/c1-51(2)62-39-69(52(3)4)83(70(40-62)53(5)6)88-79-37-35-67(89-84-71(54(7)8)41-63(58-27-19-15-20-28-58)45-75(84)76-46-64(59-29-21-16-22-30-59)42-72(55(9)10)85(76)89)49-81(79)91-82-50-68(36-38-80(82)88)90-86-73(56(11)12)43-65(60-31-23-17-24-32-60)47-77(86)78-48-66(61-33-25-18-26-34-61)44-74(57(13)14)87(78)90/h15-57H,1-14H3. The third kappa shape index (κ3) is 10.3. The van der Waals surface area contributed by atoms with Crippen LogP contribution in [0.25, 0.3) is 99.5 Å². The van der Waals surface area contributed by atoms with Crippen LogP contribution in [-0.2, 0) is 0 Å². The van der Waals surface area contributed by atoms with Crippen LogP contribution in [0.3, 0.4) is 0 Å². The highest BCUT2D eigenvalue weighted by atomic mass is 16.5. The Kier molecular flexibility index (Phi) is 15.4. The fourth-order valence-corrected chi connectivity index (χ4v) is 15.1. The number of ether oxygens (including phenoxy) is 1. The predicted octanol–water partition coefficient (Wildman–Crippen LogP) is 23.0. The van der Waals surface area contributed by atoms with E-state index in [1.807, 2.05) is 0 Å². The van der Waals surface area contributed by atoms with Crippen molar-refractivity contribution in [2.45, 2.75) is 138 Å². The average Bonchev–Trinajstić information content (AvgIpc) is 1.64. The molecule has 11 aromatic carbocycles. The number of fused-ring (bicyclic) bond motifs is 8. The molecule has 14 rings (SSSR count). The third-order valence-corrected chi connectivity index (χ3v) is 19.8. The molecule has 0 radical (unpaired) electrons. The monoisotopic (exact) mass is 1180 g/mol. The molecule has 91 heavy (non-hydrogen) atoms. The molecule has 0 fully saturated rings. The van der Waals surface area contributed by atoms with Gasteiger partial charge < -0.3 is 13.9 Å². The molecule has 0 bridgehead atoms. The summed E-state index contributed by atoms with van der Waals surface area (Å²) in [6, 6.07) is 83.1. The molecular weight excluding hydrogens is 1100 g/mol. The second-order valence-electron chi connectivity index (χ2n) is 28.2. The van der Waals surface area contributed by atoms with Gasteiger partial charge >= 0.3 is 0 Å². The summed E-state index contributed by atoms with van der Waals surface area (Å²) in [6.45, 7) is 33.0. The zero-order chi connectivity index (χ0) is 63.3. The summed E-state index contributed by atoms with van der Waals surface area (Å²) in [5.41, 5.74) is 30.3. The van der Waals surface area contributed by atoms with Gasteiger partial charge in [0.2, 0.25) is 0 Å². The van der Waals surface area contributed by atoms with Crippen LogP contribution >= 0.6 is 0 Å². The van der Waals surface area contributed by atoms with Crippen LogP contribution in [0, 0.1) is 0 Å². The van der Waals surface area contributed by atoms with Crippen molar-refractivity contribution >= 4 is 66.7 Å². The normalized spacial score (nSPS) is 12.6. The van der Waals surface area contributed by atoms with Crippen molar-refractivity contribution in [3.05, 3.63) is 257 Å². The van der Waals surface area contributed by atoms with Gasteiger partial charge in [-0.05, 0) is 196 Å². The summed E-state index contributed by atoms with van der Waals surface area (Å²) in [4.78, 5) is 0. The number of rotatable bonds is 14. The van der Waals surface area contributed by atoms with Crippen LogP contribution in [0.2, 0.25) is 0 Å². The molecule has 0 unspecified atom stereocenters. The second-order valence-corrected chi connectivity index (χ2v) is 28.2. The lowest BCUT2D eigenvalue weighted by atomic mass is 9.34. The van der Waals surface area contributed by atoms with E-state index in [1.54, 1.807) is 0 Å². The number of nitrogens with zero attached hydrogens (tertiary/aromatic N) is 2. The topological polar surface area (TPSA) is 19.1 Å². The minimum Gasteiger partial charge on any atom is -0.458 e. The first kappa shape index (κ1) is 59.5. The van der Waals surface area contributed by atoms with E-state index in [4.69, 9.17) is 4.74 Å². The Balaban J connectivity index is 1.07. The molecule has 0 saturated heterocycles. The quantitative estimate of drug-likeness (QED) is 0.0993. The zero-order valence-corrected chi connectivity index (χ0v) is 55.7. The highest BCUT2D eigenvalue weighted by Gasteiger charge is 2.38. The Labute approximate surface area is 540 Å². The molecule has 1 aliphatic heterocycles. The lowest BCUT2D eigenvalue weighted by Gasteiger charge is -2.33. The molecule has 4 heteroatoms. The molecule has 0 aliphatic carbocycles. The minimum atomic E-state index is -0.104. The van der Waals surface area contributed by atoms with Crippen molar-refractivity contribution < 1.29 is 4.74 Å². The number of hydrogen-bond donors (Lipinski definition) is 0. The number of hydrogen-bond acceptors (Lipinski definition) is 1. The van der Waals surface area contributed by atoms with Gasteiger partial charge in [-0.1, -0.05) is 248 Å². The van der Waals surface area contributed by atoms with Gasteiger partial charge in [0.1, 0.15) is 11.5 Å². The predicted molar refractivity (Wildman–Crippen MR) is 393 cm³/mol. The molecule has 1 aliphatic rings. The van der Waals surface area contributed by atoms with E-state index in [9.17, 15) is 0 Å². The maximum Gasteiger partial charge on any atom is 0.251 e. The molecule has 3 heterocycles. The van der Waals surface area contributed by atoms with Crippen molar-refractivity contribution in [3.8, 4) is 67.4 Å². The molecule has 0 spiro atoms. The van der Waals surface area contributed by atoms with Crippen LogP contribution < -0.4 is 21.1 Å². The van der Waals surface area contributed by atoms with Crippen molar-refractivity contribution in [1.29, 1.82) is 0 Å². The Morgan fingerprint density at radius 2 is 0.538 bits per heavy atom. The second kappa shape index (κ2) is 23.6. The smallest absolute Gasteiger partial charge is 0.251 e. The Morgan fingerprint density at radius 1 is 0.264 bits per heavy atom. The van der Waals surface area contributed by atoms with Gasteiger partial charge in [0.25, 0.3) is 6.71 Å². The summed E-state index contributed by atoms with van der Waals surface area (Å²) in [7, 11) is 0. The molecule has 0 atom stereocenters.